The summed E-state index contributed by atoms with van der Waals surface area (Å²) < 4.78 is 114. The Kier molecular flexibility index (Phi) is 4.41. The lowest BCUT2D eigenvalue weighted by molar-refractivity contribution is 0.591. The van der Waals surface area contributed by atoms with E-state index in [0.29, 0.717) is 21.9 Å². The molecule has 0 heterocycles. The van der Waals surface area contributed by atoms with Crippen LogP contribution in [0.15, 0.2) is 133 Å². The molecule has 55 heavy (non-hydrogen) atoms. The van der Waals surface area contributed by atoms with Crippen molar-refractivity contribution in [2.75, 3.05) is 0 Å². The Balaban J connectivity index is 1.22. The van der Waals surface area contributed by atoms with Gasteiger partial charge in [-0.3, -0.25) is 0 Å². The molecule has 1 aliphatic rings. The zero-order valence-electron chi connectivity index (χ0n) is 43.7. The lowest BCUT2D eigenvalue weighted by Crippen LogP contribution is -2.15. The highest BCUT2D eigenvalue weighted by Gasteiger charge is 2.36. The first kappa shape index (κ1) is 22.6. The lowest BCUT2D eigenvalue weighted by atomic mass is 9.80. The molecule has 0 saturated carbocycles. The Bertz CT molecular complexity index is 3520. The van der Waals surface area contributed by atoms with E-state index < -0.39 is 66.5 Å². The first-order chi connectivity index (χ1) is 31.3. The van der Waals surface area contributed by atoms with E-state index in [-0.39, 0.29) is 33.1 Å². The maximum Gasteiger partial charge on any atom is 0.0633 e. The van der Waals surface area contributed by atoms with E-state index >= 15 is 0 Å². The van der Waals surface area contributed by atoms with Crippen LogP contribution in [0.4, 0.5) is 0 Å². The molecule has 0 unspecified atom stereocenters. The van der Waals surface area contributed by atoms with Crippen molar-refractivity contribution in [1.82, 2.24) is 0 Å². The molecule has 0 amide bonds. The fraction of sp³-hybridized carbons (Fsp3) is 0.200. The zero-order chi connectivity index (χ0) is 48.0. The summed E-state index contributed by atoms with van der Waals surface area (Å²) in [5.74, 6) is 0. The summed E-state index contributed by atoms with van der Waals surface area (Å²) in [6, 6.07) is 28.6. The molecular formula is C55H46. The zero-order valence-corrected chi connectivity index (χ0v) is 31.7. The van der Waals surface area contributed by atoms with Crippen LogP contribution >= 0.6 is 0 Å². The topological polar surface area (TPSA) is 0 Å². The van der Waals surface area contributed by atoms with Crippen LogP contribution < -0.4 is 0 Å². The van der Waals surface area contributed by atoms with Crippen molar-refractivity contribution in [3.8, 4) is 33.4 Å². The molecule has 0 bridgehead atoms. The number of hydrogen-bond donors (Lipinski definition) is 0. The molecule has 266 valence electrons. The summed E-state index contributed by atoms with van der Waals surface area (Å²) in [6.45, 7) is 5.96. The van der Waals surface area contributed by atoms with Gasteiger partial charge in [0.05, 0.1) is 8.22 Å². The highest BCUT2D eigenvalue weighted by molar-refractivity contribution is 6.27. The van der Waals surface area contributed by atoms with Crippen LogP contribution in [0.5, 0.6) is 0 Å². The van der Waals surface area contributed by atoms with Gasteiger partial charge in [0, 0.05) is 13.6 Å². The summed E-state index contributed by atoms with van der Waals surface area (Å²) in [6.07, 6.45) is 0. The van der Waals surface area contributed by atoms with E-state index in [0.717, 1.165) is 65.0 Å². The van der Waals surface area contributed by atoms with E-state index in [1.807, 2.05) is 48.5 Å². The van der Waals surface area contributed by atoms with Crippen molar-refractivity contribution in [3.05, 3.63) is 156 Å². The van der Waals surface area contributed by atoms with E-state index in [2.05, 4.69) is 77.9 Å². The SMILES string of the molecule is [2H]c1c([2H])c2c(c([2H])c1-c1ccc3ccc4cc(C(C)(C)C)cc5ccc1c3c45)C(C([2H])([2H])[2H])(C([2H])([2H])[2H])c1c([2H])c(-c3ccc4ccc5cc(C(C)(C)C)cc6ccc3c4c56)c([2H])c([2H])c1-2. The van der Waals surface area contributed by atoms with Crippen molar-refractivity contribution in [3.63, 3.8) is 0 Å². The number of fused-ring (bicyclic) bond motifs is 3. The van der Waals surface area contributed by atoms with Crippen LogP contribution in [-0.4, -0.2) is 0 Å². The Hall–Kier alpha value is -5.72. The highest BCUT2D eigenvalue weighted by Crippen LogP contribution is 2.52. The van der Waals surface area contributed by atoms with Gasteiger partial charge in [-0.2, -0.15) is 0 Å². The van der Waals surface area contributed by atoms with E-state index in [1.165, 1.54) is 0 Å². The molecule has 0 nitrogen and oxygen atoms in total. The third kappa shape index (κ3) is 4.58. The second-order valence-corrected chi connectivity index (χ2v) is 17.6. The molecule has 10 aromatic carbocycles. The minimum absolute atomic E-state index is 0.117. The molecule has 0 heteroatoms. The van der Waals surface area contributed by atoms with Gasteiger partial charge in [0.15, 0.2) is 0 Å². The quantitative estimate of drug-likeness (QED) is 0.156. The smallest absolute Gasteiger partial charge is 0.0561 e. The van der Waals surface area contributed by atoms with Crippen LogP contribution in [0.3, 0.4) is 0 Å². The van der Waals surface area contributed by atoms with E-state index in [1.54, 1.807) is 12.1 Å². The number of benzene rings is 10. The van der Waals surface area contributed by atoms with Gasteiger partial charge in [-0.25, -0.2) is 0 Å². The minimum Gasteiger partial charge on any atom is -0.0561 e. The second-order valence-electron chi connectivity index (χ2n) is 17.6. The van der Waals surface area contributed by atoms with Crippen molar-refractivity contribution in [2.24, 2.45) is 0 Å². The molecule has 1 aliphatic carbocycles. The van der Waals surface area contributed by atoms with E-state index in [9.17, 15) is 16.4 Å². The summed E-state index contributed by atoms with van der Waals surface area (Å²) >= 11 is 0. The maximum absolute atomic E-state index is 10.0. The standard InChI is InChI=1S/C55H46/c1-53(2,3)39-25-35-11-9-31-13-19-41(45-23-17-37(27-39)49(35)51(31)45)33-15-21-43-44-22-16-34(30-48(44)55(7,8)47(43)29-33)42-20-14-32-10-12-36-26-40(54(4,5)6)28-38-18-24-46(42)52(32)50(36)38/h9-30H,1-8H3/i7D3,8D3,15D,16D,21D,22D,29D,30D. The fourth-order valence-corrected chi connectivity index (χ4v) is 9.09. The molecule has 10 aromatic rings. The fourth-order valence-electron chi connectivity index (χ4n) is 9.09. The summed E-state index contributed by atoms with van der Waals surface area (Å²) in [5.41, 5.74) is -2.43. The average Bonchev–Trinajstić information content (AvgIpc) is 3.61. The van der Waals surface area contributed by atoms with Crippen LogP contribution in [0, 0.1) is 0 Å². The normalized spacial score (nSPS) is 17.9. The third-order valence-corrected chi connectivity index (χ3v) is 12.1. The number of rotatable bonds is 2. The van der Waals surface area contributed by atoms with Gasteiger partial charge in [0.25, 0.3) is 0 Å². The predicted molar refractivity (Wildman–Crippen MR) is 240 cm³/mol. The molecule has 0 fully saturated rings. The van der Waals surface area contributed by atoms with Crippen LogP contribution in [0.1, 0.15) is 93.9 Å². The minimum atomic E-state index is -3.48. The Morgan fingerprint density at radius 1 is 0.418 bits per heavy atom. The third-order valence-electron chi connectivity index (χ3n) is 12.1. The van der Waals surface area contributed by atoms with Crippen molar-refractivity contribution in [2.45, 2.75) is 71.5 Å². The average molecular weight is 719 g/mol. The van der Waals surface area contributed by atoms with Crippen molar-refractivity contribution >= 4 is 64.6 Å². The van der Waals surface area contributed by atoms with Crippen LogP contribution in [0.25, 0.3) is 98.0 Å². The Morgan fingerprint density at radius 2 is 0.782 bits per heavy atom. The Labute approximate surface area is 341 Å². The lowest BCUT2D eigenvalue weighted by Gasteiger charge is -2.24. The Morgan fingerprint density at radius 3 is 1.16 bits per heavy atom. The van der Waals surface area contributed by atoms with Gasteiger partial charge >= 0.3 is 0 Å². The molecule has 0 aromatic heterocycles. The largest absolute Gasteiger partial charge is 0.0633 e. The molecule has 0 atom stereocenters. The molecule has 11 rings (SSSR count). The van der Waals surface area contributed by atoms with Gasteiger partial charge < -0.3 is 0 Å². The molecule has 0 spiro atoms. The van der Waals surface area contributed by atoms with E-state index in [4.69, 9.17) is 0 Å². The molecule has 0 aliphatic heterocycles. The predicted octanol–water partition coefficient (Wildman–Crippen LogP) is 15.7. The van der Waals surface area contributed by atoms with Crippen molar-refractivity contribution in [1.29, 1.82) is 0 Å². The molecule has 0 saturated heterocycles. The van der Waals surface area contributed by atoms with Gasteiger partial charge in [-0.05, 0) is 143 Å². The monoisotopic (exact) mass is 718 g/mol. The highest BCUT2D eigenvalue weighted by atomic mass is 14.4. The summed E-state index contributed by atoms with van der Waals surface area (Å²) in [5, 5.41) is 10.7. The molecular weight excluding hydrogens is 661 g/mol. The van der Waals surface area contributed by atoms with Gasteiger partial charge in [0.2, 0.25) is 0 Å². The van der Waals surface area contributed by atoms with Gasteiger partial charge in [-0.15, -0.1) is 0 Å². The van der Waals surface area contributed by atoms with Crippen molar-refractivity contribution < 1.29 is 16.4 Å². The maximum atomic E-state index is 10.0. The first-order valence-electron chi connectivity index (χ1n) is 25.0. The molecule has 0 radical (unpaired) electrons. The number of hydrogen-bond acceptors (Lipinski definition) is 0. The molecule has 0 N–H and O–H groups in total. The summed E-state index contributed by atoms with van der Waals surface area (Å²) in [7, 11) is 0. The summed E-state index contributed by atoms with van der Waals surface area (Å²) in [4.78, 5) is 0. The first-order valence-corrected chi connectivity index (χ1v) is 19.0. The van der Waals surface area contributed by atoms with Gasteiger partial charge in [-0.1, -0.05) is 176 Å². The van der Waals surface area contributed by atoms with Crippen LogP contribution in [-0.2, 0) is 16.2 Å². The van der Waals surface area contributed by atoms with Crippen LogP contribution in [0.2, 0.25) is 0 Å². The van der Waals surface area contributed by atoms with Gasteiger partial charge in [0.1, 0.15) is 0 Å². The second kappa shape index (κ2) is 10.7.